The number of carboxylic acid groups (broad SMARTS) is 2. The van der Waals surface area contributed by atoms with E-state index in [1.807, 2.05) is 0 Å². The van der Waals surface area contributed by atoms with Gasteiger partial charge in [-0.2, -0.15) is 0 Å². The Bertz CT molecular complexity index is 719. The second kappa shape index (κ2) is 8.85. The van der Waals surface area contributed by atoms with Crippen LogP contribution in [-0.2, 0) is 34.4 Å². The molecule has 0 unspecified atom stereocenters. The minimum absolute atomic E-state index is 0.117. The molecule has 0 saturated carbocycles. The fourth-order valence-electron chi connectivity index (χ4n) is 3.65. The summed E-state index contributed by atoms with van der Waals surface area (Å²) < 4.78 is 15.1. The third-order valence-corrected chi connectivity index (χ3v) is 11.9. The number of hydrogen-bond donors (Lipinski definition) is 2. The van der Waals surface area contributed by atoms with E-state index in [2.05, 4.69) is 0 Å². The zero-order valence-corrected chi connectivity index (χ0v) is 18.7. The summed E-state index contributed by atoms with van der Waals surface area (Å²) in [5.41, 5.74) is 0. The molecule has 0 radical (unpaired) electrons. The van der Waals surface area contributed by atoms with Gasteiger partial charge in [0, 0.05) is 0 Å². The van der Waals surface area contributed by atoms with E-state index in [4.69, 9.17) is 20.7 Å². The summed E-state index contributed by atoms with van der Waals surface area (Å²) in [6.45, 7) is -1.02. The Morgan fingerprint density at radius 2 is 1.41 bits per heavy atom. The van der Waals surface area contributed by atoms with Gasteiger partial charge in [0.15, 0.2) is 0 Å². The van der Waals surface area contributed by atoms with Crippen molar-refractivity contribution in [2.75, 3.05) is 52.4 Å². The van der Waals surface area contributed by atoms with Crippen LogP contribution in [0.2, 0.25) is 0 Å². The summed E-state index contributed by atoms with van der Waals surface area (Å²) in [6, 6.07) is 0. The monoisotopic (exact) mass is 517 g/mol. The SMILES string of the molecule is O=C(O)CN1CCN2CC(=O)O[C@]23CCN(CC(=O)O)CC(=O)[O][In]3[O]C(=O)C1. The van der Waals surface area contributed by atoms with E-state index in [9.17, 15) is 24.0 Å². The first-order chi connectivity index (χ1) is 13.7. The van der Waals surface area contributed by atoms with Gasteiger partial charge < -0.3 is 0 Å². The molecule has 0 aromatic rings. The van der Waals surface area contributed by atoms with Gasteiger partial charge in [0.25, 0.3) is 0 Å². The van der Waals surface area contributed by atoms with Gasteiger partial charge in [-0.25, -0.2) is 0 Å². The Balaban J connectivity index is 1.90. The second-order valence-corrected chi connectivity index (χ2v) is 12.8. The molecular weight excluding hydrogens is 497 g/mol. The molecule has 3 heterocycles. The summed E-state index contributed by atoms with van der Waals surface area (Å²) >= 11 is -4.17. The van der Waals surface area contributed by atoms with Gasteiger partial charge in [-0.3, -0.25) is 0 Å². The number of ether oxygens (including phenoxy) is 1. The van der Waals surface area contributed by atoms with Gasteiger partial charge in [-0.1, -0.05) is 0 Å². The van der Waals surface area contributed by atoms with Gasteiger partial charge >= 0.3 is 174 Å². The normalized spacial score (nSPS) is 27.2. The summed E-state index contributed by atoms with van der Waals surface area (Å²) in [7, 11) is 0. The van der Waals surface area contributed by atoms with Crippen LogP contribution in [0.5, 0.6) is 0 Å². The van der Waals surface area contributed by atoms with Crippen molar-refractivity contribution in [2.24, 2.45) is 0 Å². The molecule has 3 saturated heterocycles. The molecule has 14 heteroatoms. The van der Waals surface area contributed by atoms with Crippen molar-refractivity contribution in [3.63, 3.8) is 0 Å². The third-order valence-electron chi connectivity index (χ3n) is 4.89. The Morgan fingerprint density at radius 1 is 0.862 bits per heavy atom. The quantitative estimate of drug-likeness (QED) is 0.360. The molecule has 3 rings (SSSR count). The number of hydrogen-bond acceptors (Lipinski definition) is 11. The Morgan fingerprint density at radius 3 is 1.97 bits per heavy atom. The van der Waals surface area contributed by atoms with E-state index in [1.54, 1.807) is 4.90 Å². The Kier molecular flexibility index (Phi) is 6.65. The first kappa shape index (κ1) is 21.8. The number of carboxylic acids is 2. The van der Waals surface area contributed by atoms with Gasteiger partial charge in [0.1, 0.15) is 0 Å². The molecule has 1 spiro atoms. The minimum atomic E-state index is -4.17. The van der Waals surface area contributed by atoms with Crippen molar-refractivity contribution in [3.05, 3.63) is 0 Å². The molecule has 3 aliphatic heterocycles. The zero-order chi connectivity index (χ0) is 21.2. The summed E-state index contributed by atoms with van der Waals surface area (Å²) in [5.74, 6) is -4.31. The van der Waals surface area contributed by atoms with Crippen LogP contribution in [0, 0.1) is 0 Å². The van der Waals surface area contributed by atoms with Crippen LogP contribution in [0.25, 0.3) is 0 Å². The van der Waals surface area contributed by atoms with Crippen molar-refractivity contribution in [3.8, 4) is 0 Å². The van der Waals surface area contributed by atoms with Gasteiger partial charge in [-0.05, 0) is 0 Å². The van der Waals surface area contributed by atoms with Crippen LogP contribution < -0.4 is 0 Å². The summed E-state index contributed by atoms with van der Waals surface area (Å²) in [5, 5.41) is 18.1. The molecule has 29 heavy (non-hydrogen) atoms. The van der Waals surface area contributed by atoms with Crippen molar-refractivity contribution in [1.29, 1.82) is 0 Å². The van der Waals surface area contributed by atoms with E-state index in [0.29, 0.717) is 0 Å². The predicted octanol–water partition coefficient (Wildman–Crippen LogP) is -3.15. The molecule has 3 aliphatic rings. The van der Waals surface area contributed by atoms with Crippen molar-refractivity contribution in [2.45, 2.75) is 9.90 Å². The van der Waals surface area contributed by atoms with Crippen molar-refractivity contribution in [1.82, 2.24) is 14.7 Å². The first-order valence-electron chi connectivity index (χ1n) is 8.92. The van der Waals surface area contributed by atoms with Crippen LogP contribution in [-0.4, -0.2) is 133 Å². The number of rotatable bonds is 4. The number of carbonyl (C=O) groups excluding carboxylic acids is 3. The molecule has 0 aromatic heterocycles. The molecule has 1 atom stereocenters. The Hall–Kier alpha value is -1.90. The van der Waals surface area contributed by atoms with E-state index in [0.717, 1.165) is 0 Å². The molecule has 158 valence electrons. The maximum absolute atomic E-state index is 12.4. The van der Waals surface area contributed by atoms with E-state index in [-0.39, 0.29) is 45.7 Å². The molecular formula is C15H20InN3O10. The van der Waals surface area contributed by atoms with Crippen LogP contribution in [0.1, 0.15) is 6.42 Å². The third kappa shape index (κ3) is 5.18. The van der Waals surface area contributed by atoms with Crippen LogP contribution in [0.15, 0.2) is 0 Å². The number of esters is 1. The molecule has 0 bridgehead atoms. The van der Waals surface area contributed by atoms with Crippen LogP contribution >= 0.6 is 0 Å². The van der Waals surface area contributed by atoms with Crippen molar-refractivity contribution < 1.29 is 44.6 Å². The maximum atomic E-state index is 12.4. The molecule has 0 aliphatic carbocycles. The van der Waals surface area contributed by atoms with E-state index < -0.39 is 68.7 Å². The Labute approximate surface area is 173 Å². The first-order valence-corrected chi connectivity index (χ1v) is 13.3. The molecule has 13 nitrogen and oxygen atoms in total. The number of nitrogens with zero attached hydrogens (tertiary/aromatic N) is 3. The average Bonchev–Trinajstić information content (AvgIpc) is 2.92. The second-order valence-electron chi connectivity index (χ2n) is 7.01. The van der Waals surface area contributed by atoms with Gasteiger partial charge in [-0.15, -0.1) is 0 Å². The number of carbonyl (C=O) groups is 5. The molecule has 3 fully saturated rings. The predicted molar refractivity (Wildman–Crippen MR) is 91.1 cm³/mol. The number of aliphatic carboxylic acids is 2. The van der Waals surface area contributed by atoms with E-state index >= 15 is 0 Å². The standard InChI is InChI=1S/C15H22N3O10.In/c19-11(20)5-16(6-12(21)22)2-1-10-18(9-15(27)28-10)4-3-17(7-13(23)24)8-14(25)26;/h1-9H2,(H,19,20)(H,21,22)(H,23,24)(H,25,26);/q;+2/p-2. The molecule has 0 aromatic carbocycles. The molecule has 0 amide bonds. The van der Waals surface area contributed by atoms with Crippen molar-refractivity contribution >= 4 is 52.2 Å². The fourth-order valence-corrected chi connectivity index (χ4v) is 9.80. The fraction of sp³-hybridized carbons (Fsp3) is 0.667. The van der Waals surface area contributed by atoms with Crippen LogP contribution in [0.3, 0.4) is 0 Å². The molecule has 2 N–H and O–H groups in total. The summed E-state index contributed by atoms with van der Waals surface area (Å²) in [4.78, 5) is 63.3. The summed E-state index contributed by atoms with van der Waals surface area (Å²) in [6.07, 6.45) is 0.117. The van der Waals surface area contributed by atoms with Gasteiger partial charge in [0.2, 0.25) is 0 Å². The van der Waals surface area contributed by atoms with Gasteiger partial charge in [0.05, 0.1) is 0 Å². The van der Waals surface area contributed by atoms with E-state index in [1.165, 1.54) is 9.80 Å². The zero-order valence-electron chi connectivity index (χ0n) is 15.4. The average molecular weight is 517 g/mol. The van der Waals surface area contributed by atoms with Crippen LogP contribution in [0.4, 0.5) is 0 Å². The topological polar surface area (TPSA) is 163 Å².